The van der Waals surface area contributed by atoms with E-state index in [0.717, 1.165) is 12.1 Å². The first-order valence-corrected chi connectivity index (χ1v) is 6.52. The summed E-state index contributed by atoms with van der Waals surface area (Å²) < 4.78 is 0. The molecule has 0 saturated heterocycles. The predicted molar refractivity (Wildman–Crippen MR) is 71.8 cm³/mol. The van der Waals surface area contributed by atoms with E-state index in [-0.39, 0.29) is 10.7 Å². The van der Waals surface area contributed by atoms with E-state index < -0.39 is 4.92 Å². The molecule has 1 fully saturated rings. The minimum Gasteiger partial charge on any atom is -0.312 e. The van der Waals surface area contributed by atoms with Gasteiger partial charge >= 0.3 is 0 Å². The summed E-state index contributed by atoms with van der Waals surface area (Å²) in [5.74, 6) is 0. The van der Waals surface area contributed by atoms with Crippen molar-refractivity contribution in [3.8, 4) is 0 Å². The summed E-state index contributed by atoms with van der Waals surface area (Å²) in [5.41, 5.74) is 1.29. The number of benzene rings is 1. The molecule has 0 spiro atoms. The minimum atomic E-state index is -0.445. The normalized spacial score (nSPS) is 17.2. The molecule has 1 aliphatic rings. The maximum absolute atomic E-state index is 10.8. The van der Waals surface area contributed by atoms with Gasteiger partial charge in [-0.15, -0.1) is 0 Å². The lowest BCUT2D eigenvalue weighted by Gasteiger charge is -2.38. The Morgan fingerprint density at radius 2 is 2.22 bits per heavy atom. The van der Waals surface area contributed by atoms with Gasteiger partial charge in [0.05, 0.1) is 4.92 Å². The highest BCUT2D eigenvalue weighted by molar-refractivity contribution is 6.32. The number of hydrogen-bond donors (Lipinski definition) is 1. The van der Waals surface area contributed by atoms with Crippen LogP contribution >= 0.6 is 11.6 Å². The molecule has 5 heteroatoms. The number of nitro benzene ring substituents is 1. The molecule has 0 unspecified atom stereocenters. The van der Waals surface area contributed by atoms with Crippen LogP contribution in [0.3, 0.4) is 0 Å². The van der Waals surface area contributed by atoms with Crippen LogP contribution in [0, 0.1) is 15.5 Å². The summed E-state index contributed by atoms with van der Waals surface area (Å²) in [7, 11) is 0. The van der Waals surface area contributed by atoms with Gasteiger partial charge in [0.25, 0.3) is 5.69 Å². The molecule has 18 heavy (non-hydrogen) atoms. The van der Waals surface area contributed by atoms with E-state index in [4.69, 9.17) is 11.6 Å². The number of nitro groups is 1. The fraction of sp³-hybridized carbons (Fsp3) is 0.538. The molecule has 1 aromatic rings. The molecule has 1 saturated carbocycles. The second kappa shape index (κ2) is 5.24. The van der Waals surface area contributed by atoms with Gasteiger partial charge in [0.15, 0.2) is 0 Å². The number of rotatable bonds is 5. The standard InChI is InChI=1S/C13H17ClN2O2/c1-13(5-2-6-13)9-15-8-10-3-4-11(14)12(7-10)16(17)18/h3-4,7,15H,2,5-6,8-9H2,1H3. The van der Waals surface area contributed by atoms with Crippen LogP contribution in [0.1, 0.15) is 31.7 Å². The summed E-state index contributed by atoms with van der Waals surface area (Å²) in [6.07, 6.45) is 3.84. The zero-order chi connectivity index (χ0) is 13.2. The third-order valence-electron chi connectivity index (χ3n) is 3.65. The topological polar surface area (TPSA) is 55.2 Å². The van der Waals surface area contributed by atoms with Crippen LogP contribution in [0.15, 0.2) is 18.2 Å². The van der Waals surface area contributed by atoms with Gasteiger partial charge in [-0.3, -0.25) is 10.1 Å². The minimum absolute atomic E-state index is 0.0224. The molecule has 4 nitrogen and oxygen atoms in total. The Bertz CT molecular complexity index is 458. The van der Waals surface area contributed by atoms with Crippen molar-refractivity contribution in [1.29, 1.82) is 0 Å². The Labute approximate surface area is 111 Å². The molecule has 0 amide bonds. The first kappa shape index (κ1) is 13.3. The van der Waals surface area contributed by atoms with Gasteiger partial charge in [0.1, 0.15) is 5.02 Å². The second-order valence-electron chi connectivity index (χ2n) is 5.31. The predicted octanol–water partition coefficient (Wildman–Crippen LogP) is 3.53. The molecule has 1 aromatic carbocycles. The van der Waals surface area contributed by atoms with Gasteiger partial charge in [-0.1, -0.05) is 31.0 Å². The van der Waals surface area contributed by atoms with Crippen molar-refractivity contribution in [2.45, 2.75) is 32.7 Å². The van der Waals surface area contributed by atoms with E-state index in [1.807, 2.05) is 6.07 Å². The molecule has 1 aliphatic carbocycles. The van der Waals surface area contributed by atoms with Crippen LogP contribution in [0.4, 0.5) is 5.69 Å². The van der Waals surface area contributed by atoms with Crippen molar-refractivity contribution >= 4 is 17.3 Å². The third kappa shape index (κ3) is 3.00. The van der Waals surface area contributed by atoms with Crippen molar-refractivity contribution < 1.29 is 4.92 Å². The summed E-state index contributed by atoms with van der Waals surface area (Å²) in [6, 6.07) is 4.95. The molecule has 0 radical (unpaired) electrons. The van der Waals surface area contributed by atoms with Crippen LogP contribution in [-0.2, 0) is 6.54 Å². The molecule has 0 heterocycles. The lowest BCUT2D eigenvalue weighted by atomic mass is 9.70. The van der Waals surface area contributed by atoms with Gasteiger partial charge in [-0.05, 0) is 29.9 Å². The molecule has 0 bridgehead atoms. The van der Waals surface area contributed by atoms with Crippen LogP contribution in [0.2, 0.25) is 5.02 Å². The summed E-state index contributed by atoms with van der Waals surface area (Å²) in [4.78, 5) is 10.3. The number of nitrogens with zero attached hydrogens (tertiary/aromatic N) is 1. The number of halogens is 1. The quantitative estimate of drug-likeness (QED) is 0.656. The van der Waals surface area contributed by atoms with Gasteiger partial charge in [0.2, 0.25) is 0 Å². The van der Waals surface area contributed by atoms with Crippen molar-refractivity contribution in [3.63, 3.8) is 0 Å². The molecular weight excluding hydrogens is 252 g/mol. The maximum Gasteiger partial charge on any atom is 0.288 e. The fourth-order valence-corrected chi connectivity index (χ4v) is 2.46. The van der Waals surface area contributed by atoms with Crippen LogP contribution in [0.5, 0.6) is 0 Å². The lowest BCUT2D eigenvalue weighted by Crippen LogP contribution is -2.36. The second-order valence-corrected chi connectivity index (χ2v) is 5.72. The number of hydrogen-bond acceptors (Lipinski definition) is 3. The summed E-state index contributed by atoms with van der Waals surface area (Å²) in [5, 5.41) is 14.3. The van der Waals surface area contributed by atoms with Crippen LogP contribution in [-0.4, -0.2) is 11.5 Å². The van der Waals surface area contributed by atoms with Crippen molar-refractivity contribution in [2.75, 3.05) is 6.54 Å². The first-order valence-electron chi connectivity index (χ1n) is 6.14. The summed E-state index contributed by atoms with van der Waals surface area (Å²) in [6.45, 7) is 3.88. The Morgan fingerprint density at radius 1 is 1.50 bits per heavy atom. The summed E-state index contributed by atoms with van der Waals surface area (Å²) >= 11 is 5.77. The van der Waals surface area contributed by atoms with Crippen molar-refractivity contribution in [1.82, 2.24) is 5.32 Å². The smallest absolute Gasteiger partial charge is 0.288 e. The molecule has 0 aromatic heterocycles. The van der Waals surface area contributed by atoms with Crippen molar-refractivity contribution in [2.24, 2.45) is 5.41 Å². The first-order chi connectivity index (χ1) is 8.50. The van der Waals surface area contributed by atoms with Crippen LogP contribution < -0.4 is 5.32 Å². The van der Waals surface area contributed by atoms with E-state index in [9.17, 15) is 10.1 Å². The molecular formula is C13H17ClN2O2. The van der Waals surface area contributed by atoms with E-state index in [0.29, 0.717) is 12.0 Å². The fourth-order valence-electron chi connectivity index (χ4n) is 2.27. The van der Waals surface area contributed by atoms with Gasteiger partial charge in [-0.25, -0.2) is 0 Å². The van der Waals surface area contributed by atoms with Gasteiger partial charge in [0, 0.05) is 19.2 Å². The largest absolute Gasteiger partial charge is 0.312 e. The Balaban J connectivity index is 1.93. The van der Waals surface area contributed by atoms with Gasteiger partial charge < -0.3 is 5.32 Å². The highest BCUT2D eigenvalue weighted by atomic mass is 35.5. The molecule has 1 N–H and O–H groups in total. The SMILES string of the molecule is CC1(CNCc2ccc(Cl)c([N+](=O)[O-])c2)CCC1. The third-order valence-corrected chi connectivity index (χ3v) is 3.97. The Morgan fingerprint density at radius 3 is 2.78 bits per heavy atom. The average Bonchev–Trinajstić information content (AvgIpc) is 2.28. The highest BCUT2D eigenvalue weighted by Crippen LogP contribution is 2.39. The molecule has 98 valence electrons. The van der Waals surface area contributed by atoms with E-state index in [1.165, 1.54) is 19.3 Å². The van der Waals surface area contributed by atoms with E-state index in [1.54, 1.807) is 12.1 Å². The van der Waals surface area contributed by atoms with Crippen LogP contribution in [0.25, 0.3) is 0 Å². The number of nitrogens with one attached hydrogen (secondary N) is 1. The monoisotopic (exact) mass is 268 g/mol. The molecule has 0 aliphatic heterocycles. The van der Waals surface area contributed by atoms with E-state index in [2.05, 4.69) is 12.2 Å². The molecule has 0 atom stereocenters. The Hall–Kier alpha value is -1.13. The molecule has 2 rings (SSSR count). The van der Waals surface area contributed by atoms with Gasteiger partial charge in [-0.2, -0.15) is 0 Å². The average molecular weight is 269 g/mol. The lowest BCUT2D eigenvalue weighted by molar-refractivity contribution is -0.384. The van der Waals surface area contributed by atoms with E-state index >= 15 is 0 Å². The maximum atomic E-state index is 10.8. The zero-order valence-corrected chi connectivity index (χ0v) is 11.2. The van der Waals surface area contributed by atoms with Crippen molar-refractivity contribution in [3.05, 3.63) is 38.9 Å². The Kier molecular flexibility index (Phi) is 3.88. The zero-order valence-electron chi connectivity index (χ0n) is 10.4. The highest BCUT2D eigenvalue weighted by Gasteiger charge is 2.30.